The normalized spacial score (nSPS) is 16.9. The van der Waals surface area contributed by atoms with Crippen molar-refractivity contribution >= 4 is 12.3 Å². The minimum atomic E-state index is -1.79. The average Bonchev–Trinajstić information content (AvgIpc) is 2.35. The fourth-order valence-electron chi connectivity index (χ4n) is 0.618. The molecule has 0 aliphatic rings. The van der Waals surface area contributed by atoms with Crippen LogP contribution in [0.25, 0.3) is 0 Å². The van der Waals surface area contributed by atoms with Crippen LogP contribution in [0.2, 0.25) is 0 Å². The molecule has 0 radical (unpaired) electrons. The van der Waals surface area contributed by atoms with Crippen molar-refractivity contribution in [1.29, 1.82) is 0 Å². The first-order valence-corrected chi connectivity index (χ1v) is 4.64. The summed E-state index contributed by atoms with van der Waals surface area (Å²) in [6.07, 6.45) is -6.84. The Balaban J connectivity index is 0. The number of methoxy groups -OCH3 is 1. The van der Waals surface area contributed by atoms with Crippen LogP contribution >= 0.6 is 0 Å². The summed E-state index contributed by atoms with van der Waals surface area (Å²) in [6.45, 7) is 0.601. The fourth-order valence-corrected chi connectivity index (χ4v) is 0.618. The van der Waals surface area contributed by atoms with E-state index < -0.39 is 31.0 Å². The third-order valence-corrected chi connectivity index (χ3v) is 1.71. The van der Waals surface area contributed by atoms with Crippen LogP contribution in [-0.2, 0) is 14.3 Å². The average molecular weight is 254 g/mol. The summed E-state index contributed by atoms with van der Waals surface area (Å²) in [5.74, 6) is -0.245. The van der Waals surface area contributed by atoms with Gasteiger partial charge in [-0.2, -0.15) is 0 Å². The highest BCUT2D eigenvalue weighted by molar-refractivity contribution is 5.65. The predicted octanol–water partition coefficient (Wildman–Crippen LogP) is -3.20. The molecule has 0 aliphatic heterocycles. The van der Waals surface area contributed by atoms with Crippen LogP contribution in [0.1, 0.15) is 6.92 Å². The van der Waals surface area contributed by atoms with Crippen LogP contribution in [0.4, 0.5) is 0 Å². The number of carbonyl (C=O) groups is 2. The molecule has 0 saturated carbocycles. The Morgan fingerprint density at radius 3 is 1.88 bits per heavy atom. The van der Waals surface area contributed by atoms with Gasteiger partial charge in [-0.3, -0.25) is 4.79 Å². The molecule has 4 atom stereocenters. The van der Waals surface area contributed by atoms with Gasteiger partial charge in [0.15, 0.2) is 6.29 Å². The van der Waals surface area contributed by atoms with Gasteiger partial charge in [-0.25, -0.2) is 0 Å². The van der Waals surface area contributed by atoms with E-state index in [1.54, 1.807) is 0 Å². The Labute approximate surface area is 98.1 Å². The molecule has 0 saturated heterocycles. The van der Waals surface area contributed by atoms with Crippen molar-refractivity contribution in [3.8, 4) is 0 Å². The molecule has 0 aromatic carbocycles. The Bertz CT molecular complexity index is 219. The van der Waals surface area contributed by atoms with E-state index in [0.29, 0.717) is 0 Å². The van der Waals surface area contributed by atoms with Crippen molar-refractivity contribution < 1.29 is 39.9 Å². The number of ether oxygens (including phenoxy) is 1. The molecule has 17 heavy (non-hydrogen) atoms. The maximum atomic E-state index is 9.90. The summed E-state index contributed by atoms with van der Waals surface area (Å²) >= 11 is 0. The van der Waals surface area contributed by atoms with Crippen LogP contribution in [0.5, 0.6) is 0 Å². The number of carbonyl (C=O) groups excluding carboxylic acids is 2. The third kappa shape index (κ3) is 8.72. The van der Waals surface area contributed by atoms with E-state index in [0.717, 1.165) is 0 Å². The number of aliphatic hydroxyl groups excluding tert-OH is 5. The van der Waals surface area contributed by atoms with E-state index in [2.05, 4.69) is 4.74 Å². The van der Waals surface area contributed by atoms with Gasteiger partial charge in [-0.15, -0.1) is 0 Å². The van der Waals surface area contributed by atoms with Crippen molar-refractivity contribution in [2.24, 2.45) is 0 Å². The van der Waals surface area contributed by atoms with Gasteiger partial charge in [-0.1, -0.05) is 0 Å². The first-order valence-electron chi connectivity index (χ1n) is 4.64. The number of esters is 1. The Morgan fingerprint density at radius 2 is 1.65 bits per heavy atom. The smallest absolute Gasteiger partial charge is 0.302 e. The first kappa shape index (κ1) is 18.3. The molecular weight excluding hydrogens is 236 g/mol. The van der Waals surface area contributed by atoms with Gasteiger partial charge in [0.25, 0.3) is 0 Å². The second-order valence-electron chi connectivity index (χ2n) is 3.05. The topological polar surface area (TPSA) is 145 Å². The van der Waals surface area contributed by atoms with Gasteiger partial charge in [0, 0.05) is 6.92 Å². The summed E-state index contributed by atoms with van der Waals surface area (Å²) in [6, 6.07) is 0. The molecule has 8 nitrogen and oxygen atoms in total. The second kappa shape index (κ2) is 10.1. The van der Waals surface area contributed by atoms with Gasteiger partial charge in [0.1, 0.15) is 24.4 Å². The van der Waals surface area contributed by atoms with Gasteiger partial charge in [-0.05, 0) is 0 Å². The quantitative estimate of drug-likeness (QED) is 0.255. The van der Waals surface area contributed by atoms with Crippen molar-refractivity contribution in [2.75, 3.05) is 13.7 Å². The molecule has 0 heterocycles. The second-order valence-corrected chi connectivity index (χ2v) is 3.05. The summed E-state index contributed by atoms with van der Waals surface area (Å²) in [7, 11) is 1.35. The number of rotatable bonds is 5. The molecule has 102 valence electrons. The molecule has 5 N–H and O–H groups in total. The summed E-state index contributed by atoms with van der Waals surface area (Å²) in [4.78, 5) is 19.5. The number of aldehydes is 1. The minimum absolute atomic E-state index is 0.0258. The lowest BCUT2D eigenvalue weighted by atomic mass is 10.0. The molecule has 0 amide bonds. The first-order chi connectivity index (χ1) is 7.81. The lowest BCUT2D eigenvalue weighted by Gasteiger charge is -2.22. The van der Waals surface area contributed by atoms with E-state index >= 15 is 0 Å². The summed E-state index contributed by atoms with van der Waals surface area (Å²) in [5, 5.41) is 43.5. The highest BCUT2D eigenvalue weighted by Gasteiger charge is 2.29. The monoisotopic (exact) mass is 254 g/mol. The van der Waals surface area contributed by atoms with Crippen LogP contribution in [0.3, 0.4) is 0 Å². The highest BCUT2D eigenvalue weighted by atomic mass is 16.5. The Morgan fingerprint density at radius 1 is 1.24 bits per heavy atom. The maximum Gasteiger partial charge on any atom is 0.302 e. The number of aliphatic hydroxyl groups is 5. The predicted molar refractivity (Wildman–Crippen MR) is 54.9 cm³/mol. The fraction of sp³-hybridized carbons (Fsp3) is 0.778. The molecule has 0 aromatic rings. The molecule has 0 unspecified atom stereocenters. The van der Waals surface area contributed by atoms with E-state index in [-0.39, 0.29) is 12.3 Å². The van der Waals surface area contributed by atoms with Crippen LogP contribution < -0.4 is 0 Å². The van der Waals surface area contributed by atoms with E-state index in [1.807, 2.05) is 0 Å². The number of hydrogen-bond donors (Lipinski definition) is 5. The maximum absolute atomic E-state index is 9.90. The van der Waals surface area contributed by atoms with Crippen molar-refractivity contribution in [1.82, 2.24) is 0 Å². The number of hydrogen-bond acceptors (Lipinski definition) is 8. The standard InChI is InChI=1S/C6H12O6.C3H6O2/c7-1-3(9)5(11)6(12)4(10)2-8;1-3(4)5-2/h1,3-6,8-12H,2H2;1-2H3/t3-,4-,5-,6-;/m1./s1. The zero-order valence-electron chi connectivity index (χ0n) is 9.55. The lowest BCUT2D eigenvalue weighted by Crippen LogP contribution is -2.46. The van der Waals surface area contributed by atoms with Crippen molar-refractivity contribution in [2.45, 2.75) is 31.3 Å². The zero-order valence-corrected chi connectivity index (χ0v) is 9.55. The molecule has 0 rings (SSSR count). The van der Waals surface area contributed by atoms with Crippen LogP contribution in [-0.4, -0.2) is 75.9 Å². The van der Waals surface area contributed by atoms with Gasteiger partial charge in [0.2, 0.25) is 0 Å². The molecule has 0 aliphatic carbocycles. The van der Waals surface area contributed by atoms with Crippen molar-refractivity contribution in [3.63, 3.8) is 0 Å². The Kier molecular flexibility index (Phi) is 10.9. The SMILES string of the molecule is COC(C)=O.O=C[C@@H](O)[C@@H](O)[C@H](O)[C@H](O)CO. The largest absolute Gasteiger partial charge is 0.469 e. The van der Waals surface area contributed by atoms with Gasteiger partial charge < -0.3 is 35.1 Å². The summed E-state index contributed by atoms with van der Waals surface area (Å²) < 4.78 is 4.11. The van der Waals surface area contributed by atoms with E-state index in [1.165, 1.54) is 14.0 Å². The highest BCUT2D eigenvalue weighted by Crippen LogP contribution is 2.02. The van der Waals surface area contributed by atoms with Crippen molar-refractivity contribution in [3.05, 3.63) is 0 Å². The molecule has 0 bridgehead atoms. The van der Waals surface area contributed by atoms with Gasteiger partial charge in [0.05, 0.1) is 13.7 Å². The molecular formula is C9H18O8. The van der Waals surface area contributed by atoms with E-state index in [9.17, 15) is 9.59 Å². The molecule has 0 aromatic heterocycles. The van der Waals surface area contributed by atoms with E-state index in [4.69, 9.17) is 25.5 Å². The third-order valence-electron chi connectivity index (χ3n) is 1.71. The molecule has 0 spiro atoms. The zero-order chi connectivity index (χ0) is 14.0. The molecule has 8 heteroatoms. The molecule has 0 fully saturated rings. The van der Waals surface area contributed by atoms with Gasteiger partial charge >= 0.3 is 5.97 Å². The summed E-state index contributed by atoms with van der Waals surface area (Å²) in [5.41, 5.74) is 0. The lowest BCUT2D eigenvalue weighted by molar-refractivity contribution is -0.138. The Hall–Kier alpha value is -1.06. The van der Waals surface area contributed by atoms with Crippen LogP contribution in [0.15, 0.2) is 0 Å². The minimum Gasteiger partial charge on any atom is -0.469 e. The van der Waals surface area contributed by atoms with Crippen LogP contribution in [0, 0.1) is 0 Å².